The van der Waals surface area contributed by atoms with Gasteiger partial charge in [0, 0.05) is 17.8 Å². The van der Waals surface area contributed by atoms with Crippen LogP contribution in [0.5, 0.6) is 0 Å². The predicted octanol–water partition coefficient (Wildman–Crippen LogP) is 6.26. The lowest BCUT2D eigenvalue weighted by molar-refractivity contribution is 0.510. The van der Waals surface area contributed by atoms with Gasteiger partial charge in [-0.2, -0.15) is 0 Å². The molecule has 0 spiro atoms. The minimum Gasteiger partial charge on any atom is -0.341 e. The summed E-state index contributed by atoms with van der Waals surface area (Å²) in [6.07, 6.45) is 3.74. The Labute approximate surface area is 148 Å². The third-order valence-corrected chi connectivity index (χ3v) is 3.91. The number of nitrogens with zero attached hydrogens (tertiary/aromatic N) is 1. The molecule has 0 unspecified atom stereocenters. The zero-order chi connectivity index (χ0) is 18.4. The summed E-state index contributed by atoms with van der Waals surface area (Å²) in [7, 11) is 0. The summed E-state index contributed by atoms with van der Waals surface area (Å²) in [5, 5.41) is 0. The smallest absolute Gasteiger partial charge is 0.135 e. The zero-order valence-corrected chi connectivity index (χ0v) is 14.9. The minimum absolute atomic E-state index is 0.0151. The summed E-state index contributed by atoms with van der Waals surface area (Å²) in [6, 6.07) is 13.5. The van der Waals surface area contributed by atoms with Crippen molar-refractivity contribution in [2.75, 3.05) is 6.54 Å². The van der Waals surface area contributed by atoms with Crippen LogP contribution in [0.15, 0.2) is 73.0 Å². The Bertz CT molecular complexity index is 784. The van der Waals surface area contributed by atoms with Crippen LogP contribution in [0.4, 0.5) is 8.78 Å². The van der Waals surface area contributed by atoms with Crippen molar-refractivity contribution in [1.29, 1.82) is 0 Å². The number of hydrogen-bond donors (Lipinski definition) is 0. The van der Waals surface area contributed by atoms with Gasteiger partial charge in [0.15, 0.2) is 0 Å². The molecule has 3 heteroatoms. The molecule has 1 heterocycles. The molecular weight excluding hydrogens is 316 g/mol. The van der Waals surface area contributed by atoms with E-state index in [9.17, 15) is 8.78 Å². The normalized spacial score (nSPS) is 13.6. The summed E-state index contributed by atoms with van der Waals surface area (Å²) < 4.78 is 28.8. The average Bonchev–Trinajstić information content (AvgIpc) is 2.64. The van der Waals surface area contributed by atoms with Crippen LogP contribution in [0.3, 0.4) is 0 Å². The van der Waals surface area contributed by atoms with Gasteiger partial charge in [-0.15, -0.1) is 0 Å². The highest BCUT2D eigenvalue weighted by molar-refractivity contribution is 5.97. The van der Waals surface area contributed by atoms with Crippen LogP contribution in [0, 0.1) is 11.6 Å². The highest BCUT2D eigenvalue weighted by Gasteiger charge is 2.25. The number of benzene rings is 2. The Kier molecular flexibility index (Phi) is 6.29. The van der Waals surface area contributed by atoms with Crippen molar-refractivity contribution in [3.63, 3.8) is 0 Å². The standard InChI is InChI=1S/C20H17F2N.C2H6/c1-3-23-14(2)12-13-16(15-8-5-4-6-9-15)20(23)19-17(21)10-7-11-18(19)22;1-2/h4-13H,2-3H2,1H3;1-2H3. The second kappa shape index (κ2) is 8.43. The molecule has 1 nitrogen and oxygen atoms in total. The van der Waals surface area contributed by atoms with E-state index in [4.69, 9.17) is 0 Å². The van der Waals surface area contributed by atoms with Crippen molar-refractivity contribution < 1.29 is 8.78 Å². The van der Waals surface area contributed by atoms with Gasteiger partial charge in [0.05, 0.1) is 11.3 Å². The molecule has 0 aromatic heterocycles. The summed E-state index contributed by atoms with van der Waals surface area (Å²) in [4.78, 5) is 1.84. The molecule has 0 saturated carbocycles. The SMILES string of the molecule is C=C1C=CC(c2ccccc2)=C(c2c(F)cccc2F)N1CC.CC. The lowest BCUT2D eigenvalue weighted by Crippen LogP contribution is -2.24. The summed E-state index contributed by atoms with van der Waals surface area (Å²) in [6.45, 7) is 10.5. The van der Waals surface area contributed by atoms with E-state index in [1.54, 1.807) is 0 Å². The van der Waals surface area contributed by atoms with E-state index in [1.165, 1.54) is 18.2 Å². The molecule has 1 aliphatic heterocycles. The van der Waals surface area contributed by atoms with Crippen LogP contribution in [-0.2, 0) is 0 Å². The van der Waals surface area contributed by atoms with E-state index in [0.29, 0.717) is 17.9 Å². The zero-order valence-electron chi connectivity index (χ0n) is 14.9. The maximum Gasteiger partial charge on any atom is 0.135 e. The highest BCUT2D eigenvalue weighted by Crippen LogP contribution is 2.38. The van der Waals surface area contributed by atoms with E-state index >= 15 is 0 Å². The second-order valence-electron chi connectivity index (χ2n) is 5.29. The van der Waals surface area contributed by atoms with Gasteiger partial charge in [-0.25, -0.2) is 8.78 Å². The summed E-state index contributed by atoms with van der Waals surface area (Å²) in [5.41, 5.74) is 2.90. The molecule has 0 bridgehead atoms. The fraction of sp³-hybridized carbons (Fsp3) is 0.182. The third-order valence-electron chi connectivity index (χ3n) is 3.91. The summed E-state index contributed by atoms with van der Waals surface area (Å²) in [5.74, 6) is -1.15. The van der Waals surface area contributed by atoms with Crippen molar-refractivity contribution in [3.05, 3.63) is 95.7 Å². The average molecular weight is 339 g/mol. The Morgan fingerprint density at radius 3 is 2.04 bits per heavy atom. The first-order chi connectivity index (χ1) is 12.1. The number of allylic oxidation sites excluding steroid dienone is 3. The van der Waals surface area contributed by atoms with Crippen molar-refractivity contribution >= 4 is 11.3 Å². The topological polar surface area (TPSA) is 3.24 Å². The van der Waals surface area contributed by atoms with E-state index in [1.807, 2.05) is 68.2 Å². The number of hydrogen-bond acceptors (Lipinski definition) is 1. The second-order valence-corrected chi connectivity index (χ2v) is 5.29. The van der Waals surface area contributed by atoms with Gasteiger partial charge in [-0.3, -0.25) is 0 Å². The highest BCUT2D eigenvalue weighted by atomic mass is 19.1. The first-order valence-electron chi connectivity index (χ1n) is 8.52. The largest absolute Gasteiger partial charge is 0.341 e. The van der Waals surface area contributed by atoms with E-state index in [-0.39, 0.29) is 5.56 Å². The predicted molar refractivity (Wildman–Crippen MR) is 102 cm³/mol. The quantitative estimate of drug-likeness (QED) is 0.637. The number of rotatable bonds is 3. The van der Waals surface area contributed by atoms with Crippen molar-refractivity contribution in [1.82, 2.24) is 4.90 Å². The molecule has 0 amide bonds. The van der Waals surface area contributed by atoms with Crippen LogP contribution >= 0.6 is 0 Å². The summed E-state index contributed by atoms with van der Waals surface area (Å²) >= 11 is 0. The van der Waals surface area contributed by atoms with Gasteiger partial charge in [-0.1, -0.05) is 62.9 Å². The third kappa shape index (κ3) is 3.71. The fourth-order valence-corrected chi connectivity index (χ4v) is 2.84. The fourth-order valence-electron chi connectivity index (χ4n) is 2.84. The lowest BCUT2D eigenvalue weighted by atomic mass is 9.94. The van der Waals surface area contributed by atoms with E-state index in [2.05, 4.69) is 6.58 Å². The molecule has 1 aliphatic rings. The maximum absolute atomic E-state index is 14.4. The molecule has 0 atom stereocenters. The number of halogens is 2. The van der Waals surface area contributed by atoms with Gasteiger partial charge in [0.2, 0.25) is 0 Å². The van der Waals surface area contributed by atoms with Gasteiger partial charge < -0.3 is 4.90 Å². The van der Waals surface area contributed by atoms with E-state index in [0.717, 1.165) is 11.1 Å². The maximum atomic E-state index is 14.4. The molecule has 0 fully saturated rings. The van der Waals surface area contributed by atoms with Crippen LogP contribution in [0.2, 0.25) is 0 Å². The van der Waals surface area contributed by atoms with Crippen LogP contribution in [-0.4, -0.2) is 11.4 Å². The Balaban J connectivity index is 0.00000109. The first kappa shape index (κ1) is 18.7. The van der Waals surface area contributed by atoms with Crippen molar-refractivity contribution in [2.24, 2.45) is 0 Å². The van der Waals surface area contributed by atoms with Crippen molar-refractivity contribution in [3.8, 4) is 0 Å². The van der Waals surface area contributed by atoms with Crippen molar-refractivity contribution in [2.45, 2.75) is 20.8 Å². The Hall–Kier alpha value is -2.68. The van der Waals surface area contributed by atoms with E-state index < -0.39 is 11.6 Å². The molecule has 2 aromatic carbocycles. The molecule has 0 saturated heterocycles. The van der Waals surface area contributed by atoms with Gasteiger partial charge >= 0.3 is 0 Å². The molecule has 25 heavy (non-hydrogen) atoms. The van der Waals surface area contributed by atoms with Crippen LogP contribution < -0.4 is 0 Å². The van der Waals surface area contributed by atoms with Gasteiger partial charge in [0.1, 0.15) is 11.6 Å². The van der Waals surface area contributed by atoms with Crippen LogP contribution in [0.1, 0.15) is 31.9 Å². The molecule has 0 aliphatic carbocycles. The molecule has 130 valence electrons. The Morgan fingerprint density at radius 1 is 0.880 bits per heavy atom. The first-order valence-corrected chi connectivity index (χ1v) is 8.52. The minimum atomic E-state index is -0.574. The lowest BCUT2D eigenvalue weighted by Gasteiger charge is -2.32. The number of likely N-dealkylation sites (N-methyl/N-ethyl adjacent to an activating group) is 1. The molecule has 3 rings (SSSR count). The monoisotopic (exact) mass is 339 g/mol. The molecular formula is C22H23F2N. The van der Waals surface area contributed by atoms with Crippen LogP contribution in [0.25, 0.3) is 11.3 Å². The molecule has 2 aromatic rings. The molecule has 0 radical (unpaired) electrons. The Morgan fingerprint density at radius 2 is 1.48 bits per heavy atom. The van der Waals surface area contributed by atoms with Gasteiger partial charge in [0.25, 0.3) is 0 Å². The van der Waals surface area contributed by atoms with Gasteiger partial charge in [-0.05, 0) is 30.7 Å². The molecule has 0 N–H and O–H groups in total.